The molecule has 0 spiro atoms. The molecule has 10 heteroatoms. The number of esters is 1. The van der Waals surface area contributed by atoms with E-state index in [9.17, 15) is 24.5 Å². The average Bonchev–Trinajstić information content (AvgIpc) is 3.14. The molecule has 0 aliphatic carbocycles. The van der Waals surface area contributed by atoms with Crippen molar-refractivity contribution in [3.8, 4) is 5.75 Å². The number of non-ortho nitro benzene ring substituents is 1. The number of methoxy groups -OCH3 is 1. The standard InChI is InChI=1S/C20H19N3O7/c1-29-17-7-2-4-14(9-17)21-18(24)12-30-20(26)13-8-19(25)22(11-13)15-5-3-6-16(10-15)23(27)28/h2-7,9-10,13H,8,11-12H2,1H3,(H,21,24)/t13-/m0/s1. The van der Waals surface area contributed by atoms with Crippen molar-refractivity contribution >= 4 is 34.8 Å². The van der Waals surface area contributed by atoms with E-state index in [4.69, 9.17) is 9.47 Å². The van der Waals surface area contributed by atoms with Crippen molar-refractivity contribution in [2.24, 2.45) is 5.92 Å². The van der Waals surface area contributed by atoms with Gasteiger partial charge in [-0.05, 0) is 18.2 Å². The number of hydrogen-bond donors (Lipinski definition) is 1. The number of nitrogens with one attached hydrogen (secondary N) is 1. The van der Waals surface area contributed by atoms with Crippen molar-refractivity contribution in [3.05, 3.63) is 58.6 Å². The maximum Gasteiger partial charge on any atom is 0.311 e. The second kappa shape index (κ2) is 9.03. The van der Waals surface area contributed by atoms with Gasteiger partial charge in [0, 0.05) is 36.9 Å². The smallest absolute Gasteiger partial charge is 0.311 e. The van der Waals surface area contributed by atoms with Crippen molar-refractivity contribution in [3.63, 3.8) is 0 Å². The maximum atomic E-state index is 12.3. The normalized spacial score (nSPS) is 15.6. The maximum absolute atomic E-state index is 12.3. The van der Waals surface area contributed by atoms with E-state index in [0.29, 0.717) is 17.1 Å². The predicted molar refractivity (Wildman–Crippen MR) is 106 cm³/mol. The lowest BCUT2D eigenvalue weighted by Crippen LogP contribution is -2.28. The molecule has 1 aliphatic heterocycles. The number of hydrogen-bond acceptors (Lipinski definition) is 7. The zero-order valence-electron chi connectivity index (χ0n) is 16.1. The Hall–Kier alpha value is -3.95. The number of ether oxygens (including phenoxy) is 2. The number of benzene rings is 2. The first-order valence-corrected chi connectivity index (χ1v) is 9.02. The zero-order valence-corrected chi connectivity index (χ0v) is 16.1. The Bertz CT molecular complexity index is 992. The fraction of sp³-hybridized carbons (Fsp3) is 0.250. The summed E-state index contributed by atoms with van der Waals surface area (Å²) in [6, 6.07) is 12.3. The molecule has 0 bridgehead atoms. The van der Waals surface area contributed by atoms with Gasteiger partial charge in [-0.1, -0.05) is 12.1 Å². The van der Waals surface area contributed by atoms with E-state index >= 15 is 0 Å². The van der Waals surface area contributed by atoms with Gasteiger partial charge in [0.25, 0.3) is 11.6 Å². The molecule has 1 atom stereocenters. The Kier molecular flexibility index (Phi) is 6.26. The molecule has 2 aromatic carbocycles. The molecule has 10 nitrogen and oxygen atoms in total. The molecular weight excluding hydrogens is 394 g/mol. The van der Waals surface area contributed by atoms with Crippen molar-refractivity contribution in [1.82, 2.24) is 0 Å². The van der Waals surface area contributed by atoms with Crippen LogP contribution in [-0.4, -0.2) is 43.0 Å². The number of carbonyl (C=O) groups excluding carboxylic acids is 3. The molecule has 2 aromatic rings. The summed E-state index contributed by atoms with van der Waals surface area (Å²) in [7, 11) is 1.50. The number of nitro benzene ring substituents is 1. The number of amides is 2. The van der Waals surface area contributed by atoms with Crippen LogP contribution in [0.3, 0.4) is 0 Å². The Morgan fingerprint density at radius 1 is 1.23 bits per heavy atom. The minimum atomic E-state index is -0.763. The lowest BCUT2D eigenvalue weighted by Gasteiger charge is -2.16. The molecule has 0 unspecified atom stereocenters. The van der Waals surface area contributed by atoms with Gasteiger partial charge in [-0.25, -0.2) is 0 Å². The van der Waals surface area contributed by atoms with Crippen molar-refractivity contribution in [2.75, 3.05) is 30.5 Å². The number of nitro groups is 1. The molecule has 1 heterocycles. The van der Waals surface area contributed by atoms with E-state index in [2.05, 4.69) is 5.32 Å². The van der Waals surface area contributed by atoms with Crippen molar-refractivity contribution < 1.29 is 28.8 Å². The third-order valence-corrected chi connectivity index (χ3v) is 4.51. The largest absolute Gasteiger partial charge is 0.497 e. The molecular formula is C20H19N3O7. The highest BCUT2D eigenvalue weighted by Gasteiger charge is 2.36. The molecule has 2 amide bonds. The summed E-state index contributed by atoms with van der Waals surface area (Å²) in [5, 5.41) is 13.5. The van der Waals surface area contributed by atoms with Crippen molar-refractivity contribution in [1.29, 1.82) is 0 Å². The Labute approximate surface area is 171 Å². The van der Waals surface area contributed by atoms with Crippen LogP contribution >= 0.6 is 0 Å². The summed E-state index contributed by atoms with van der Waals surface area (Å²) in [6.45, 7) is -0.478. The van der Waals surface area contributed by atoms with Gasteiger partial charge in [0.2, 0.25) is 5.91 Å². The summed E-state index contributed by atoms with van der Waals surface area (Å²) in [6.07, 6.45) is -0.0982. The second-order valence-electron chi connectivity index (χ2n) is 6.57. The molecule has 1 N–H and O–H groups in total. The fourth-order valence-electron chi connectivity index (χ4n) is 3.04. The molecule has 3 rings (SSSR count). The highest BCUT2D eigenvalue weighted by atomic mass is 16.6. The highest BCUT2D eigenvalue weighted by Crippen LogP contribution is 2.28. The third-order valence-electron chi connectivity index (χ3n) is 4.51. The quantitative estimate of drug-likeness (QED) is 0.418. The summed E-state index contributed by atoms with van der Waals surface area (Å²) < 4.78 is 10.1. The van der Waals surface area contributed by atoms with Gasteiger partial charge in [-0.3, -0.25) is 24.5 Å². The van der Waals surface area contributed by atoms with Crippen LogP contribution in [0.4, 0.5) is 17.1 Å². The number of nitrogens with zero attached hydrogens (tertiary/aromatic N) is 2. The average molecular weight is 413 g/mol. The summed E-state index contributed by atoms with van der Waals surface area (Å²) in [5.41, 5.74) is 0.670. The molecule has 1 fully saturated rings. The fourth-order valence-corrected chi connectivity index (χ4v) is 3.04. The third kappa shape index (κ3) is 4.90. The first kappa shape index (κ1) is 20.8. The van der Waals surface area contributed by atoms with Crippen LogP contribution in [0.5, 0.6) is 5.75 Å². The van der Waals surface area contributed by atoms with Gasteiger partial charge in [-0.15, -0.1) is 0 Å². The molecule has 0 saturated carbocycles. The Balaban J connectivity index is 1.55. The van der Waals surface area contributed by atoms with Gasteiger partial charge in [0.1, 0.15) is 5.75 Å². The van der Waals surface area contributed by atoms with Gasteiger partial charge in [-0.2, -0.15) is 0 Å². The van der Waals surface area contributed by atoms with E-state index in [1.54, 1.807) is 30.3 Å². The van der Waals surface area contributed by atoms with Crippen LogP contribution in [0, 0.1) is 16.0 Å². The van der Waals surface area contributed by atoms with E-state index in [1.807, 2.05) is 0 Å². The summed E-state index contributed by atoms with van der Waals surface area (Å²) in [5.74, 6) is -1.76. The minimum Gasteiger partial charge on any atom is -0.497 e. The minimum absolute atomic E-state index is 0.0241. The van der Waals surface area contributed by atoms with E-state index in [-0.39, 0.29) is 24.6 Å². The number of rotatable bonds is 7. The monoisotopic (exact) mass is 413 g/mol. The van der Waals surface area contributed by atoms with Crippen LogP contribution in [0.2, 0.25) is 0 Å². The van der Waals surface area contributed by atoms with Gasteiger partial charge < -0.3 is 19.7 Å². The summed E-state index contributed by atoms with van der Waals surface area (Å²) in [4.78, 5) is 48.2. The second-order valence-corrected chi connectivity index (χ2v) is 6.57. The number of carbonyl (C=O) groups is 3. The lowest BCUT2D eigenvalue weighted by atomic mass is 10.1. The van der Waals surface area contributed by atoms with E-state index in [0.717, 1.165) is 0 Å². The van der Waals surface area contributed by atoms with Gasteiger partial charge >= 0.3 is 5.97 Å². The first-order chi connectivity index (χ1) is 14.4. The van der Waals surface area contributed by atoms with Gasteiger partial charge in [0.05, 0.1) is 23.6 Å². The molecule has 1 aliphatic rings. The van der Waals surface area contributed by atoms with Crippen LogP contribution in [0.1, 0.15) is 6.42 Å². The molecule has 0 radical (unpaired) electrons. The molecule has 30 heavy (non-hydrogen) atoms. The Morgan fingerprint density at radius 2 is 2.00 bits per heavy atom. The van der Waals surface area contributed by atoms with E-state index in [1.165, 1.54) is 30.2 Å². The first-order valence-electron chi connectivity index (χ1n) is 9.02. The van der Waals surface area contributed by atoms with Crippen LogP contribution in [0.25, 0.3) is 0 Å². The Morgan fingerprint density at radius 3 is 2.73 bits per heavy atom. The predicted octanol–water partition coefficient (Wildman–Crippen LogP) is 2.14. The topological polar surface area (TPSA) is 128 Å². The SMILES string of the molecule is COc1cccc(NC(=O)COC(=O)[C@H]2CC(=O)N(c3cccc([N+](=O)[O-])c3)C2)c1. The van der Waals surface area contributed by atoms with Crippen LogP contribution in [0.15, 0.2) is 48.5 Å². The van der Waals surface area contributed by atoms with Crippen LogP contribution < -0.4 is 15.0 Å². The lowest BCUT2D eigenvalue weighted by molar-refractivity contribution is -0.384. The number of anilines is 2. The van der Waals surface area contributed by atoms with Crippen molar-refractivity contribution in [2.45, 2.75) is 6.42 Å². The molecule has 1 saturated heterocycles. The van der Waals surface area contributed by atoms with Crippen LogP contribution in [-0.2, 0) is 19.1 Å². The molecule has 156 valence electrons. The zero-order chi connectivity index (χ0) is 21.7. The molecule has 0 aromatic heterocycles. The van der Waals surface area contributed by atoms with Gasteiger partial charge in [0.15, 0.2) is 6.61 Å². The summed E-state index contributed by atoms with van der Waals surface area (Å²) >= 11 is 0. The van der Waals surface area contributed by atoms with E-state index < -0.39 is 29.3 Å². The highest BCUT2D eigenvalue weighted by molar-refractivity contribution is 6.00.